The molecular weight excluding hydrogens is 374 g/mol. The number of aromatic nitrogens is 1. The van der Waals surface area contributed by atoms with E-state index in [9.17, 15) is 0 Å². The van der Waals surface area contributed by atoms with Gasteiger partial charge in [0.1, 0.15) is 7.05 Å². The second-order valence-electron chi connectivity index (χ2n) is 8.14. The Kier molecular flexibility index (Phi) is 4.58. The standard InChI is InChI=1S/C30H26N/c1-21-18-25(23-10-6-4-7-11-23)14-16-28(21)30-29-17-15-26(24-12-8-5-9-13-24)20-27(29)19-22(2)31(30)3/h4-20H,1-3H3/q+1/i19D. The van der Waals surface area contributed by atoms with E-state index in [4.69, 9.17) is 1.37 Å². The third-order valence-corrected chi connectivity index (χ3v) is 6.12. The van der Waals surface area contributed by atoms with Crippen LogP contribution in [0.2, 0.25) is 0 Å². The molecule has 0 aliphatic heterocycles. The lowest BCUT2D eigenvalue weighted by Gasteiger charge is -2.12. The second kappa shape index (κ2) is 7.85. The first-order chi connectivity index (χ1) is 15.5. The number of rotatable bonds is 3. The van der Waals surface area contributed by atoms with Crippen molar-refractivity contribution in [2.75, 3.05) is 0 Å². The average molecular weight is 402 g/mol. The quantitative estimate of drug-likeness (QED) is 0.280. The Hall–Kier alpha value is -3.71. The molecule has 0 bridgehead atoms. The highest BCUT2D eigenvalue weighted by atomic mass is 14.9. The molecule has 0 radical (unpaired) electrons. The van der Waals surface area contributed by atoms with Crippen LogP contribution < -0.4 is 4.57 Å². The number of pyridine rings is 1. The molecule has 1 heteroatoms. The highest BCUT2D eigenvalue weighted by molar-refractivity contribution is 5.96. The van der Waals surface area contributed by atoms with Gasteiger partial charge in [0.25, 0.3) is 0 Å². The second-order valence-corrected chi connectivity index (χ2v) is 8.14. The summed E-state index contributed by atoms with van der Waals surface area (Å²) < 4.78 is 11.0. The maximum Gasteiger partial charge on any atom is 0.220 e. The predicted octanol–water partition coefficient (Wildman–Crippen LogP) is 7.28. The van der Waals surface area contributed by atoms with Crippen LogP contribution in [0.5, 0.6) is 0 Å². The first kappa shape index (κ1) is 18.1. The van der Waals surface area contributed by atoms with E-state index in [1.807, 2.05) is 19.1 Å². The van der Waals surface area contributed by atoms with Crippen LogP contribution >= 0.6 is 0 Å². The van der Waals surface area contributed by atoms with E-state index in [-0.39, 0.29) is 0 Å². The summed E-state index contributed by atoms with van der Waals surface area (Å²) in [5.41, 5.74) is 9.31. The number of hydrogen-bond acceptors (Lipinski definition) is 0. The zero-order valence-electron chi connectivity index (χ0n) is 19.2. The summed E-state index contributed by atoms with van der Waals surface area (Å²) in [5, 5.41) is 2.10. The van der Waals surface area contributed by atoms with Crippen LogP contribution in [0.1, 0.15) is 12.6 Å². The van der Waals surface area contributed by atoms with Crippen LogP contribution in [0.15, 0.2) is 103 Å². The van der Waals surface area contributed by atoms with Crippen molar-refractivity contribution in [3.63, 3.8) is 0 Å². The molecule has 1 heterocycles. The molecule has 0 N–H and O–H groups in total. The first-order valence-corrected chi connectivity index (χ1v) is 10.7. The SMILES string of the molecule is [2H]c1c(C)[n+](C)c(-c2ccc(-c3ccccc3)cc2C)c2ccc(-c3ccccc3)cc12. The van der Waals surface area contributed by atoms with Gasteiger partial charge in [0, 0.05) is 18.5 Å². The summed E-state index contributed by atoms with van der Waals surface area (Å²) in [5.74, 6) is 0. The third kappa shape index (κ3) is 3.53. The summed E-state index contributed by atoms with van der Waals surface area (Å²) in [6.45, 7) is 4.21. The van der Waals surface area contributed by atoms with Gasteiger partial charge in [-0.2, -0.15) is 4.57 Å². The molecule has 31 heavy (non-hydrogen) atoms. The molecule has 0 saturated heterocycles. The molecule has 0 saturated carbocycles. The van der Waals surface area contributed by atoms with Gasteiger partial charge in [-0.15, -0.1) is 0 Å². The molecule has 0 spiro atoms. The minimum absolute atomic E-state index is 0.586. The van der Waals surface area contributed by atoms with Crippen molar-refractivity contribution in [1.82, 2.24) is 0 Å². The van der Waals surface area contributed by atoms with Gasteiger partial charge in [-0.25, -0.2) is 0 Å². The highest BCUT2D eigenvalue weighted by Crippen LogP contribution is 2.33. The normalized spacial score (nSPS) is 11.5. The van der Waals surface area contributed by atoms with Crippen molar-refractivity contribution < 1.29 is 5.94 Å². The molecule has 0 fully saturated rings. The van der Waals surface area contributed by atoms with Crippen LogP contribution in [0.25, 0.3) is 44.3 Å². The van der Waals surface area contributed by atoms with Gasteiger partial charge in [0.15, 0.2) is 5.69 Å². The summed E-state index contributed by atoms with van der Waals surface area (Å²) in [7, 11) is 2.07. The Morgan fingerprint density at radius 3 is 1.84 bits per heavy atom. The number of benzene rings is 4. The van der Waals surface area contributed by atoms with E-state index in [1.54, 1.807) is 0 Å². The molecule has 4 aromatic carbocycles. The molecule has 0 aliphatic carbocycles. The molecule has 0 atom stereocenters. The van der Waals surface area contributed by atoms with Gasteiger partial charge in [0.05, 0.1) is 6.76 Å². The van der Waals surface area contributed by atoms with E-state index in [0.717, 1.165) is 27.7 Å². The number of nitrogens with zero attached hydrogens (tertiary/aromatic N) is 1. The van der Waals surface area contributed by atoms with Crippen LogP contribution in [0.3, 0.4) is 0 Å². The summed E-state index contributed by atoms with van der Waals surface area (Å²) in [6.07, 6.45) is 0. The molecule has 0 aliphatic rings. The van der Waals surface area contributed by atoms with Crippen molar-refractivity contribution in [2.24, 2.45) is 7.05 Å². The van der Waals surface area contributed by atoms with E-state index < -0.39 is 0 Å². The number of aryl methyl sites for hydroxylation is 1. The van der Waals surface area contributed by atoms with Gasteiger partial charge in [-0.3, -0.25) is 0 Å². The molecule has 0 unspecified atom stereocenters. The lowest BCUT2D eigenvalue weighted by atomic mass is 9.94. The monoisotopic (exact) mass is 401 g/mol. The van der Waals surface area contributed by atoms with Gasteiger partial charge in [-0.1, -0.05) is 78.9 Å². The molecule has 5 rings (SSSR count). The predicted molar refractivity (Wildman–Crippen MR) is 131 cm³/mol. The molecular formula is C30H26N+. The van der Waals surface area contributed by atoms with Gasteiger partial charge >= 0.3 is 0 Å². The summed E-state index contributed by atoms with van der Waals surface area (Å²) in [4.78, 5) is 0. The fourth-order valence-electron chi connectivity index (χ4n) is 4.36. The maximum atomic E-state index is 8.83. The van der Waals surface area contributed by atoms with Crippen molar-refractivity contribution >= 4 is 10.8 Å². The third-order valence-electron chi connectivity index (χ3n) is 6.12. The molecule has 5 aromatic rings. The van der Waals surface area contributed by atoms with E-state index in [0.29, 0.717) is 6.04 Å². The van der Waals surface area contributed by atoms with Gasteiger partial charge < -0.3 is 0 Å². The van der Waals surface area contributed by atoms with E-state index >= 15 is 0 Å². The van der Waals surface area contributed by atoms with Crippen molar-refractivity contribution in [2.45, 2.75) is 13.8 Å². The fraction of sp³-hybridized carbons (Fsp3) is 0.100. The van der Waals surface area contributed by atoms with Gasteiger partial charge in [0.2, 0.25) is 5.69 Å². The Morgan fingerprint density at radius 1 is 0.645 bits per heavy atom. The average Bonchev–Trinajstić information content (AvgIpc) is 2.84. The molecule has 1 aromatic heterocycles. The lowest BCUT2D eigenvalue weighted by molar-refractivity contribution is -0.665. The first-order valence-electron chi connectivity index (χ1n) is 11.2. The summed E-state index contributed by atoms with van der Waals surface area (Å²) in [6, 6.07) is 34.7. The fourth-order valence-corrected chi connectivity index (χ4v) is 4.36. The van der Waals surface area contributed by atoms with E-state index in [2.05, 4.69) is 103 Å². The zero-order valence-corrected chi connectivity index (χ0v) is 18.2. The van der Waals surface area contributed by atoms with E-state index in [1.165, 1.54) is 27.8 Å². The minimum Gasteiger partial charge on any atom is -0.198 e. The number of fused-ring (bicyclic) bond motifs is 1. The topological polar surface area (TPSA) is 3.88 Å². The van der Waals surface area contributed by atoms with Crippen molar-refractivity contribution in [3.05, 3.63) is 114 Å². The Bertz CT molecular complexity index is 1440. The molecule has 150 valence electrons. The van der Waals surface area contributed by atoms with Crippen LogP contribution in [-0.4, -0.2) is 0 Å². The van der Waals surface area contributed by atoms with Gasteiger partial charge in [-0.05, 0) is 58.3 Å². The molecule has 1 nitrogen and oxygen atoms in total. The Morgan fingerprint density at radius 2 is 1.23 bits per heavy atom. The van der Waals surface area contributed by atoms with Crippen LogP contribution in [0.4, 0.5) is 0 Å². The summed E-state index contributed by atoms with van der Waals surface area (Å²) >= 11 is 0. The van der Waals surface area contributed by atoms with Crippen molar-refractivity contribution in [3.8, 4) is 33.5 Å². The number of hydrogen-bond donors (Lipinski definition) is 0. The van der Waals surface area contributed by atoms with Crippen LogP contribution in [-0.2, 0) is 7.05 Å². The molecule has 0 amide bonds. The minimum atomic E-state index is 0.586. The van der Waals surface area contributed by atoms with Crippen LogP contribution in [0, 0.1) is 13.8 Å². The maximum absolute atomic E-state index is 8.83. The Labute approximate surface area is 185 Å². The zero-order chi connectivity index (χ0) is 22.2. The van der Waals surface area contributed by atoms with Crippen molar-refractivity contribution in [1.29, 1.82) is 0 Å². The Balaban J connectivity index is 1.72. The smallest absolute Gasteiger partial charge is 0.198 e. The largest absolute Gasteiger partial charge is 0.220 e. The highest BCUT2D eigenvalue weighted by Gasteiger charge is 2.20. The lowest BCUT2D eigenvalue weighted by Crippen LogP contribution is -2.35.